The molecule has 0 N–H and O–H groups in total. The number of hydrogen-bond donors (Lipinski definition) is 0. The van der Waals surface area contributed by atoms with E-state index in [4.69, 9.17) is 14.7 Å². The van der Waals surface area contributed by atoms with Crippen molar-refractivity contribution >= 4 is 23.2 Å². The second-order valence-corrected chi connectivity index (χ2v) is 9.17. The number of benzene rings is 3. The van der Waals surface area contributed by atoms with Gasteiger partial charge < -0.3 is 19.3 Å². The van der Waals surface area contributed by atoms with E-state index in [2.05, 4.69) is 0 Å². The van der Waals surface area contributed by atoms with Crippen molar-refractivity contribution in [2.45, 2.75) is 12.6 Å². The minimum atomic E-state index is -4.75. The molecule has 0 aromatic heterocycles. The van der Waals surface area contributed by atoms with Gasteiger partial charge in [0.1, 0.15) is 11.6 Å². The van der Waals surface area contributed by atoms with Gasteiger partial charge >= 0.3 is 6.18 Å². The third kappa shape index (κ3) is 6.04. The normalized spacial score (nSPS) is 14.1. The van der Waals surface area contributed by atoms with Gasteiger partial charge in [0.25, 0.3) is 5.91 Å². The Kier molecular flexibility index (Phi) is 7.93. The molecule has 0 bridgehead atoms. The molecule has 0 saturated heterocycles. The lowest BCUT2D eigenvalue weighted by Gasteiger charge is -2.18. The third-order valence-corrected chi connectivity index (χ3v) is 6.13. The number of carbonyl (C=O) groups is 1. The Morgan fingerprint density at radius 2 is 1.77 bits per heavy atom. The summed E-state index contributed by atoms with van der Waals surface area (Å²) in [6, 6.07) is 13.4. The van der Waals surface area contributed by atoms with Gasteiger partial charge in [0, 0.05) is 17.7 Å². The summed E-state index contributed by atoms with van der Waals surface area (Å²) in [6.07, 6.45) is -2.44. The molecule has 4 rings (SSSR count). The van der Waals surface area contributed by atoms with Crippen molar-refractivity contribution in [1.29, 1.82) is 5.26 Å². The van der Waals surface area contributed by atoms with E-state index in [9.17, 15) is 22.4 Å². The second-order valence-electron chi connectivity index (χ2n) is 9.17. The Balaban J connectivity index is 1.67. The molecule has 1 amide bonds. The van der Waals surface area contributed by atoms with Crippen LogP contribution in [0.5, 0.6) is 17.2 Å². The molecule has 3 aromatic rings. The van der Waals surface area contributed by atoms with Crippen LogP contribution in [0, 0.1) is 17.1 Å². The van der Waals surface area contributed by atoms with Crippen LogP contribution in [0.15, 0.2) is 54.6 Å². The Morgan fingerprint density at radius 1 is 1.03 bits per heavy atom. The second kappa shape index (κ2) is 11.2. The van der Waals surface area contributed by atoms with Crippen molar-refractivity contribution in [2.24, 2.45) is 0 Å². The monoisotopic (exact) mass is 539 g/mol. The molecule has 0 aliphatic carbocycles. The molecular formula is C29H25F4N3O3. The maximum atomic E-state index is 14.1. The summed E-state index contributed by atoms with van der Waals surface area (Å²) >= 11 is 0. The molecule has 0 unspecified atom stereocenters. The molecule has 6 nitrogen and oxygen atoms in total. The fraction of sp³-hybridized carbons (Fsp3) is 0.241. The summed E-state index contributed by atoms with van der Waals surface area (Å²) in [5.74, 6) is -1.12. The third-order valence-electron chi connectivity index (χ3n) is 6.13. The van der Waals surface area contributed by atoms with Gasteiger partial charge in [0.05, 0.1) is 30.0 Å². The van der Waals surface area contributed by atoms with Gasteiger partial charge in [-0.1, -0.05) is 6.07 Å². The van der Waals surface area contributed by atoms with E-state index >= 15 is 0 Å². The van der Waals surface area contributed by atoms with Crippen LogP contribution >= 0.6 is 0 Å². The molecule has 3 aromatic carbocycles. The molecular weight excluding hydrogens is 514 g/mol. The summed E-state index contributed by atoms with van der Waals surface area (Å²) in [5.41, 5.74) is 0.604. The number of fused-ring (bicyclic) bond motifs is 1. The zero-order chi connectivity index (χ0) is 28.3. The molecule has 1 heterocycles. The number of nitrogens with zero attached hydrogens (tertiary/aromatic N) is 3. The van der Waals surface area contributed by atoms with Crippen LogP contribution in [0.1, 0.15) is 28.7 Å². The van der Waals surface area contributed by atoms with Gasteiger partial charge in [-0.05, 0) is 87.2 Å². The number of carbonyl (C=O) groups excluding carboxylic acids is 1. The van der Waals surface area contributed by atoms with Gasteiger partial charge in [-0.3, -0.25) is 4.79 Å². The number of nitriles is 1. The van der Waals surface area contributed by atoms with E-state index < -0.39 is 23.3 Å². The quantitative estimate of drug-likeness (QED) is 0.246. The summed E-state index contributed by atoms with van der Waals surface area (Å²) in [6.45, 7) is 1.22. The van der Waals surface area contributed by atoms with Crippen molar-refractivity contribution in [3.63, 3.8) is 0 Å². The maximum Gasteiger partial charge on any atom is 0.420 e. The van der Waals surface area contributed by atoms with Crippen LogP contribution in [-0.4, -0.2) is 45.1 Å². The highest BCUT2D eigenvalue weighted by Gasteiger charge is 2.35. The molecule has 0 saturated carbocycles. The smallest absolute Gasteiger partial charge is 0.420 e. The molecule has 0 radical (unpaired) electrons. The van der Waals surface area contributed by atoms with Gasteiger partial charge in [0.2, 0.25) is 0 Å². The zero-order valence-corrected chi connectivity index (χ0v) is 21.5. The summed E-state index contributed by atoms with van der Waals surface area (Å²) in [4.78, 5) is 17.0. The number of rotatable bonds is 8. The Bertz CT molecular complexity index is 1480. The summed E-state index contributed by atoms with van der Waals surface area (Å²) in [5, 5.41) is 8.98. The van der Waals surface area contributed by atoms with Crippen molar-refractivity contribution in [3.8, 4) is 23.3 Å². The van der Waals surface area contributed by atoms with Crippen LogP contribution in [-0.2, 0) is 11.0 Å². The summed E-state index contributed by atoms with van der Waals surface area (Å²) < 4.78 is 65.8. The maximum absolute atomic E-state index is 14.1. The van der Waals surface area contributed by atoms with Crippen molar-refractivity contribution in [1.82, 2.24) is 4.90 Å². The summed E-state index contributed by atoms with van der Waals surface area (Å²) in [7, 11) is 5.21. The number of alkyl halides is 3. The van der Waals surface area contributed by atoms with Crippen LogP contribution in [0.2, 0.25) is 0 Å². The average Bonchev–Trinajstić information content (AvgIpc) is 3.14. The fourth-order valence-electron chi connectivity index (χ4n) is 4.29. The van der Waals surface area contributed by atoms with E-state index in [0.717, 1.165) is 19.0 Å². The lowest BCUT2D eigenvalue weighted by Crippen LogP contribution is -2.29. The number of anilines is 1. The van der Waals surface area contributed by atoms with Gasteiger partial charge in [-0.25, -0.2) is 4.39 Å². The zero-order valence-electron chi connectivity index (χ0n) is 21.5. The Hall–Kier alpha value is -4.36. The number of methoxy groups -OCH3 is 1. The number of hydrogen-bond acceptors (Lipinski definition) is 5. The molecule has 39 heavy (non-hydrogen) atoms. The molecule has 0 atom stereocenters. The predicted octanol–water partition coefficient (Wildman–Crippen LogP) is 6.36. The van der Waals surface area contributed by atoms with Crippen LogP contribution in [0.3, 0.4) is 0 Å². The average molecular weight is 540 g/mol. The van der Waals surface area contributed by atoms with Crippen LogP contribution in [0.4, 0.5) is 23.2 Å². The minimum Gasteiger partial charge on any atom is -0.493 e. The molecule has 10 heteroatoms. The lowest BCUT2D eigenvalue weighted by atomic mass is 10.0. The predicted molar refractivity (Wildman–Crippen MR) is 139 cm³/mol. The molecule has 0 fully saturated rings. The highest BCUT2D eigenvalue weighted by atomic mass is 19.4. The van der Waals surface area contributed by atoms with Crippen molar-refractivity contribution < 1.29 is 31.8 Å². The fourth-order valence-corrected chi connectivity index (χ4v) is 4.29. The van der Waals surface area contributed by atoms with Crippen LogP contribution in [0.25, 0.3) is 11.6 Å². The van der Waals surface area contributed by atoms with E-state index in [1.807, 2.05) is 19.0 Å². The Labute approximate surface area is 223 Å². The first-order valence-electron chi connectivity index (χ1n) is 12.0. The van der Waals surface area contributed by atoms with Crippen molar-refractivity contribution in [3.05, 3.63) is 82.7 Å². The number of amides is 1. The largest absolute Gasteiger partial charge is 0.493 e. The van der Waals surface area contributed by atoms with E-state index in [1.165, 1.54) is 37.4 Å². The van der Waals surface area contributed by atoms with E-state index in [0.29, 0.717) is 29.4 Å². The standard InChI is InChI=1S/C29H25F4N3O3/c1-35(2)11-4-12-36-24-8-7-20(30)16-21(24)22(28(36)37)13-18-5-10-26(27(15-18)38-3)39-25-9-6-19(17-34)14-23(25)29(31,32)33/h5-10,13-16H,4,11-12H2,1-3H3. The SMILES string of the molecule is COc1cc(C=C2C(=O)N(CCCN(C)C)c3ccc(F)cc32)ccc1Oc1ccc(C#N)cc1C(F)(F)F. The highest BCUT2D eigenvalue weighted by molar-refractivity contribution is 6.35. The molecule has 202 valence electrons. The lowest BCUT2D eigenvalue weighted by molar-refractivity contribution is -0.138. The molecule has 1 aliphatic rings. The molecule has 0 spiro atoms. The van der Waals surface area contributed by atoms with Crippen molar-refractivity contribution in [2.75, 3.05) is 39.2 Å². The minimum absolute atomic E-state index is 0.00404. The van der Waals surface area contributed by atoms with Gasteiger partial charge in [-0.2, -0.15) is 18.4 Å². The number of halogens is 4. The van der Waals surface area contributed by atoms with E-state index in [1.54, 1.807) is 29.2 Å². The van der Waals surface area contributed by atoms with Crippen LogP contribution < -0.4 is 14.4 Å². The topological polar surface area (TPSA) is 65.8 Å². The van der Waals surface area contributed by atoms with Gasteiger partial charge in [-0.15, -0.1) is 0 Å². The molecule has 1 aliphatic heterocycles. The first kappa shape index (κ1) is 27.7. The van der Waals surface area contributed by atoms with Gasteiger partial charge in [0.15, 0.2) is 11.5 Å². The highest BCUT2D eigenvalue weighted by Crippen LogP contribution is 2.42. The first-order chi connectivity index (χ1) is 18.5. The Morgan fingerprint density at radius 3 is 2.44 bits per heavy atom. The number of ether oxygens (including phenoxy) is 2. The van der Waals surface area contributed by atoms with E-state index in [-0.39, 0.29) is 28.5 Å². The first-order valence-corrected chi connectivity index (χ1v) is 12.0.